The fourth-order valence-corrected chi connectivity index (χ4v) is 5.68. The molecule has 0 atom stereocenters. The number of Topliss-reactive ketones (excluding diaryl/α,β-unsaturated/α-hetero) is 1. The number of nitrogens with one attached hydrogen (secondary N) is 1. The monoisotopic (exact) mass is 485 g/mol. The summed E-state index contributed by atoms with van der Waals surface area (Å²) in [4.78, 5) is 29.8. The number of quaternary nitrogens is 1. The smallest absolute Gasteiger partial charge is 0.337 e. The highest BCUT2D eigenvalue weighted by Crippen LogP contribution is 2.35. The van der Waals surface area contributed by atoms with E-state index in [9.17, 15) is 4.79 Å². The van der Waals surface area contributed by atoms with Crippen molar-refractivity contribution in [3.8, 4) is 0 Å². The van der Waals surface area contributed by atoms with Crippen LogP contribution in [0.5, 0.6) is 0 Å². The van der Waals surface area contributed by atoms with Crippen LogP contribution < -0.4 is 9.80 Å². The number of hydrogen-bond donors (Lipinski definition) is 1. The van der Waals surface area contributed by atoms with Crippen LogP contribution in [0, 0.1) is 0 Å². The lowest BCUT2D eigenvalue weighted by Crippen LogP contribution is -2.46. The number of aromatic nitrogens is 5. The van der Waals surface area contributed by atoms with Gasteiger partial charge in [-0.15, -0.1) is 0 Å². The van der Waals surface area contributed by atoms with E-state index in [2.05, 4.69) is 20.3 Å². The molecule has 4 heterocycles. The number of rotatable bonds is 6. The molecule has 1 saturated heterocycles. The maximum absolute atomic E-state index is 12.1. The van der Waals surface area contributed by atoms with Crippen LogP contribution in [0.2, 0.25) is 0 Å². The van der Waals surface area contributed by atoms with Crippen molar-refractivity contribution in [2.75, 3.05) is 45.7 Å². The highest BCUT2D eigenvalue weighted by Gasteiger charge is 2.32. The summed E-state index contributed by atoms with van der Waals surface area (Å²) in [6.45, 7) is 5.29. The van der Waals surface area contributed by atoms with Gasteiger partial charge in [0.1, 0.15) is 11.7 Å². The second kappa shape index (κ2) is 9.29. The van der Waals surface area contributed by atoms with E-state index >= 15 is 0 Å². The van der Waals surface area contributed by atoms with Crippen LogP contribution in [-0.2, 0) is 11.8 Å². The first-order chi connectivity index (χ1) is 16.3. The van der Waals surface area contributed by atoms with Gasteiger partial charge in [0.15, 0.2) is 27.1 Å². The molecule has 10 nitrogen and oxygen atoms in total. The number of carbonyl (C=O) groups excluding carboxylic acids is 1. The van der Waals surface area contributed by atoms with E-state index in [0.717, 1.165) is 62.5 Å². The summed E-state index contributed by atoms with van der Waals surface area (Å²) in [5, 5.41) is 8.46. The van der Waals surface area contributed by atoms with Gasteiger partial charge in [0.05, 0.1) is 33.5 Å². The van der Waals surface area contributed by atoms with E-state index in [-0.39, 0.29) is 5.78 Å². The summed E-state index contributed by atoms with van der Waals surface area (Å²) in [7, 11) is 5.99. The molecular formula is C23H33N8O2S+. The van der Waals surface area contributed by atoms with E-state index in [4.69, 9.17) is 14.7 Å². The molecule has 1 aliphatic heterocycles. The van der Waals surface area contributed by atoms with Crippen molar-refractivity contribution in [1.82, 2.24) is 34.1 Å². The number of fused-ring (bicyclic) bond motifs is 1. The Labute approximate surface area is 203 Å². The maximum Gasteiger partial charge on any atom is 0.337 e. The minimum Gasteiger partial charge on any atom is -0.379 e. The summed E-state index contributed by atoms with van der Waals surface area (Å²) < 4.78 is 7.64. The number of carbonyl (C=O) groups is 1. The molecule has 0 bridgehead atoms. The van der Waals surface area contributed by atoms with Crippen molar-refractivity contribution in [1.29, 1.82) is 0 Å². The average molecular weight is 486 g/mol. The highest BCUT2D eigenvalue weighted by molar-refractivity contribution is 7.20. The fraction of sp³-hybridized carbons (Fsp3) is 0.609. The van der Waals surface area contributed by atoms with Gasteiger partial charge in [0.2, 0.25) is 0 Å². The lowest BCUT2D eigenvalue weighted by atomic mass is 9.90. The predicted octanol–water partition coefficient (Wildman–Crippen LogP) is 2.98. The molecule has 11 heteroatoms. The SMILES string of the molecule is CC(=O)c1nc2c(NC3CCC(N4CCOCC4)CC3)nc([N+](C)(C)c3cnn(C)c3)nc2s1. The zero-order valence-electron chi connectivity index (χ0n) is 20.3. The van der Waals surface area contributed by atoms with Gasteiger partial charge in [-0.05, 0) is 25.7 Å². The molecule has 2 fully saturated rings. The van der Waals surface area contributed by atoms with Crippen molar-refractivity contribution >= 4 is 44.9 Å². The van der Waals surface area contributed by atoms with Crippen LogP contribution in [0.1, 0.15) is 42.4 Å². The lowest BCUT2D eigenvalue weighted by molar-refractivity contribution is 0.00791. The molecule has 0 unspecified atom stereocenters. The van der Waals surface area contributed by atoms with Crippen molar-refractivity contribution < 1.29 is 9.53 Å². The number of anilines is 1. The Kier molecular flexibility index (Phi) is 6.36. The molecule has 0 spiro atoms. The molecule has 5 rings (SSSR count). The number of hydrogen-bond acceptors (Lipinski definition) is 9. The quantitative estimate of drug-likeness (QED) is 0.420. The van der Waals surface area contributed by atoms with Gasteiger partial charge >= 0.3 is 5.95 Å². The topological polar surface area (TPSA) is 98.1 Å². The van der Waals surface area contributed by atoms with Crippen molar-refractivity contribution in [3.63, 3.8) is 0 Å². The van der Waals surface area contributed by atoms with Crippen molar-refractivity contribution in [2.45, 2.75) is 44.7 Å². The number of ketones is 1. The standard InChI is InChI=1S/C23H32N8O2S/c1-15(32)21-26-19-20(25-16-5-7-17(8-6-16)30-9-11-33-12-10-30)27-23(28-22(19)34-21)31(3,4)18-13-24-29(2)14-18/h13-14,16-17H,5-12H2,1-4H3/p+1. The molecule has 2 aliphatic rings. The predicted molar refractivity (Wildman–Crippen MR) is 134 cm³/mol. The molecule has 0 radical (unpaired) electrons. The number of morpholine rings is 1. The van der Waals surface area contributed by atoms with Crippen LogP contribution in [0.4, 0.5) is 17.5 Å². The Morgan fingerprint density at radius 3 is 2.53 bits per heavy atom. The first-order valence-electron chi connectivity index (χ1n) is 11.9. The van der Waals surface area contributed by atoms with Crippen LogP contribution in [0.15, 0.2) is 12.4 Å². The number of nitrogens with zero attached hydrogens (tertiary/aromatic N) is 7. The van der Waals surface area contributed by atoms with Gasteiger partial charge in [0.25, 0.3) is 0 Å². The first kappa shape index (κ1) is 23.3. The Hall–Kier alpha value is -2.47. The van der Waals surface area contributed by atoms with Crippen molar-refractivity contribution in [3.05, 3.63) is 17.4 Å². The van der Waals surface area contributed by atoms with Crippen LogP contribution >= 0.6 is 11.3 Å². The van der Waals surface area contributed by atoms with Gasteiger partial charge in [-0.1, -0.05) is 11.3 Å². The maximum atomic E-state index is 12.1. The molecule has 34 heavy (non-hydrogen) atoms. The van der Waals surface area contributed by atoms with Gasteiger partial charge in [-0.3, -0.25) is 14.4 Å². The average Bonchev–Trinajstić information content (AvgIpc) is 3.47. The molecule has 0 amide bonds. The zero-order valence-corrected chi connectivity index (χ0v) is 21.1. The van der Waals surface area contributed by atoms with Crippen LogP contribution in [-0.4, -0.2) is 87.9 Å². The Morgan fingerprint density at radius 2 is 1.88 bits per heavy atom. The van der Waals surface area contributed by atoms with E-state index in [0.29, 0.717) is 38.9 Å². The van der Waals surface area contributed by atoms with Crippen LogP contribution in [0.3, 0.4) is 0 Å². The molecule has 1 N–H and O–H groups in total. The molecule has 3 aromatic rings. The minimum atomic E-state index is -0.0532. The second-order valence-corrected chi connectivity index (χ2v) is 10.7. The minimum absolute atomic E-state index is 0.0532. The first-order valence-corrected chi connectivity index (χ1v) is 12.7. The molecule has 0 aromatic carbocycles. The number of thiazole rings is 1. The largest absolute Gasteiger partial charge is 0.379 e. The number of ether oxygens (including phenoxy) is 1. The van der Waals surface area contributed by atoms with E-state index in [1.54, 1.807) is 11.6 Å². The third kappa shape index (κ3) is 4.57. The Balaban J connectivity index is 1.42. The van der Waals surface area contributed by atoms with E-state index in [1.165, 1.54) is 11.3 Å². The summed E-state index contributed by atoms with van der Waals surface area (Å²) in [5.74, 6) is 1.31. The second-order valence-electron chi connectivity index (χ2n) is 9.72. The van der Waals surface area contributed by atoms with Gasteiger partial charge in [0, 0.05) is 39.1 Å². The van der Waals surface area contributed by atoms with Crippen molar-refractivity contribution in [2.24, 2.45) is 7.05 Å². The number of aryl methyl sites for hydroxylation is 1. The van der Waals surface area contributed by atoms with Gasteiger partial charge < -0.3 is 10.1 Å². The van der Waals surface area contributed by atoms with E-state index < -0.39 is 0 Å². The molecule has 1 saturated carbocycles. The summed E-state index contributed by atoms with van der Waals surface area (Å²) in [6, 6.07) is 0.951. The van der Waals surface area contributed by atoms with Gasteiger partial charge in [-0.2, -0.15) is 15.1 Å². The highest BCUT2D eigenvalue weighted by atomic mass is 32.1. The molecular weight excluding hydrogens is 452 g/mol. The summed E-state index contributed by atoms with van der Waals surface area (Å²) in [6.07, 6.45) is 8.28. The molecule has 3 aromatic heterocycles. The van der Waals surface area contributed by atoms with E-state index in [1.807, 2.05) is 33.5 Å². The summed E-state index contributed by atoms with van der Waals surface area (Å²) >= 11 is 1.33. The zero-order chi connectivity index (χ0) is 23.9. The normalized spacial score (nSPS) is 22.2. The fourth-order valence-electron chi connectivity index (χ4n) is 4.85. The molecule has 182 valence electrons. The van der Waals surface area contributed by atoms with Crippen LogP contribution in [0.25, 0.3) is 10.3 Å². The third-order valence-electron chi connectivity index (χ3n) is 6.98. The Morgan fingerprint density at radius 1 is 1.15 bits per heavy atom. The Bertz CT molecular complexity index is 1180. The van der Waals surface area contributed by atoms with Gasteiger partial charge in [-0.25, -0.2) is 9.47 Å². The third-order valence-corrected chi connectivity index (χ3v) is 8.03. The molecule has 1 aliphatic carbocycles. The summed E-state index contributed by atoms with van der Waals surface area (Å²) in [5.41, 5.74) is 1.66. The lowest BCUT2D eigenvalue weighted by Gasteiger charge is -2.39.